The van der Waals surface area contributed by atoms with E-state index in [1.165, 1.54) is 12.1 Å². The number of benzene rings is 1. The van der Waals surface area contributed by atoms with Gasteiger partial charge < -0.3 is 9.80 Å². The molecule has 0 unspecified atom stereocenters. The molecule has 0 radical (unpaired) electrons. The first-order chi connectivity index (χ1) is 14.2. The molecule has 30 heavy (non-hydrogen) atoms. The van der Waals surface area contributed by atoms with Crippen molar-refractivity contribution in [2.24, 2.45) is 9.63 Å². The molecular formula is C18H23N7O2S3. The van der Waals surface area contributed by atoms with Crippen LogP contribution in [-0.4, -0.2) is 65.7 Å². The molecule has 2 heterocycles. The van der Waals surface area contributed by atoms with Gasteiger partial charge >= 0.3 is 0 Å². The van der Waals surface area contributed by atoms with Crippen LogP contribution >= 0.6 is 24.2 Å². The maximum Gasteiger partial charge on any atom is 0.264 e. The lowest BCUT2D eigenvalue weighted by molar-refractivity contribution is 0.220. The Hall–Kier alpha value is -2.15. The number of piperazine rings is 1. The van der Waals surface area contributed by atoms with Gasteiger partial charge in [-0.3, -0.25) is 0 Å². The first kappa shape index (κ1) is 22.5. The van der Waals surface area contributed by atoms with Crippen molar-refractivity contribution in [2.45, 2.75) is 18.7 Å². The first-order valence-corrected chi connectivity index (χ1v) is 11.9. The number of thiocarbonyl (C=S) groups is 1. The normalized spacial score (nSPS) is 15.5. The standard InChI is InChI=1S/C18H23N7O2S3/c1-13-12-14(2)20-17(19-13)22-30(26,27)16-6-4-15(5-7-16)21-23-29-18(28)25-10-8-24(3)9-11-25/h4-7,12H,8-11H2,1-3H3,(H,19,20,22). The third-order valence-electron chi connectivity index (χ3n) is 4.39. The number of aryl methyl sites for hydroxylation is 2. The second kappa shape index (κ2) is 9.77. The molecule has 12 heteroatoms. The summed E-state index contributed by atoms with van der Waals surface area (Å²) >= 11 is 6.54. The van der Waals surface area contributed by atoms with Crippen LogP contribution in [0.4, 0.5) is 11.6 Å². The number of rotatable bonds is 5. The summed E-state index contributed by atoms with van der Waals surface area (Å²) in [6, 6.07) is 7.86. The summed E-state index contributed by atoms with van der Waals surface area (Å²) < 4.78 is 32.3. The maximum atomic E-state index is 12.6. The predicted molar refractivity (Wildman–Crippen MR) is 123 cm³/mol. The molecule has 3 rings (SSSR count). The number of hydrogen-bond donors (Lipinski definition) is 1. The Morgan fingerprint density at radius 1 is 1.10 bits per heavy atom. The Bertz CT molecular complexity index is 1010. The summed E-state index contributed by atoms with van der Waals surface area (Å²) in [6.07, 6.45) is 0. The number of sulfonamides is 1. The van der Waals surface area contributed by atoms with Crippen LogP contribution in [-0.2, 0) is 10.0 Å². The Morgan fingerprint density at radius 3 is 2.30 bits per heavy atom. The molecule has 1 fully saturated rings. The van der Waals surface area contributed by atoms with E-state index in [0.717, 1.165) is 38.1 Å². The van der Waals surface area contributed by atoms with Crippen molar-refractivity contribution in [1.82, 2.24) is 19.8 Å². The van der Waals surface area contributed by atoms with E-state index >= 15 is 0 Å². The molecule has 1 aliphatic heterocycles. The average molecular weight is 466 g/mol. The van der Waals surface area contributed by atoms with E-state index in [1.54, 1.807) is 32.0 Å². The summed E-state index contributed by atoms with van der Waals surface area (Å²) in [5, 5.41) is 4.11. The van der Waals surface area contributed by atoms with Gasteiger partial charge in [-0.1, -0.05) is 12.2 Å². The van der Waals surface area contributed by atoms with Crippen molar-refractivity contribution in [1.29, 1.82) is 0 Å². The highest BCUT2D eigenvalue weighted by Crippen LogP contribution is 2.21. The minimum absolute atomic E-state index is 0.0464. The molecule has 1 aromatic carbocycles. The number of likely N-dealkylation sites (N-methyl/N-ethyl adjacent to an activating group) is 1. The van der Waals surface area contributed by atoms with Crippen LogP contribution in [0.5, 0.6) is 0 Å². The van der Waals surface area contributed by atoms with Crippen molar-refractivity contribution in [3.05, 3.63) is 41.7 Å². The SMILES string of the molecule is Cc1cc(C)nc(NS(=O)(=O)c2ccc(N=NSC(=S)N3CCN(C)CC3)cc2)n1. The molecule has 0 bridgehead atoms. The van der Waals surface area contributed by atoms with Gasteiger partial charge in [-0.15, -0.1) is 9.63 Å². The highest BCUT2D eigenvalue weighted by molar-refractivity contribution is 8.21. The van der Waals surface area contributed by atoms with Crippen molar-refractivity contribution in [2.75, 3.05) is 37.9 Å². The van der Waals surface area contributed by atoms with E-state index in [-0.39, 0.29) is 10.8 Å². The van der Waals surface area contributed by atoms with Crippen LogP contribution in [0.15, 0.2) is 44.9 Å². The Morgan fingerprint density at radius 2 is 1.70 bits per heavy atom. The van der Waals surface area contributed by atoms with Crippen LogP contribution in [0.3, 0.4) is 0 Å². The molecule has 2 aromatic rings. The van der Waals surface area contributed by atoms with Gasteiger partial charge in [0.2, 0.25) is 5.95 Å². The average Bonchev–Trinajstić information content (AvgIpc) is 2.67. The highest BCUT2D eigenvalue weighted by atomic mass is 32.2. The number of nitrogens with one attached hydrogen (secondary N) is 1. The molecule has 0 saturated carbocycles. The molecule has 1 aliphatic rings. The molecule has 1 aromatic heterocycles. The fourth-order valence-electron chi connectivity index (χ4n) is 2.79. The molecule has 0 amide bonds. The van der Waals surface area contributed by atoms with Crippen LogP contribution in [0.25, 0.3) is 0 Å². The van der Waals surface area contributed by atoms with Gasteiger partial charge in [0, 0.05) is 37.6 Å². The largest absolute Gasteiger partial charge is 0.353 e. The number of nitrogens with zero attached hydrogens (tertiary/aromatic N) is 6. The summed E-state index contributed by atoms with van der Waals surface area (Å²) in [5.41, 5.74) is 1.90. The van der Waals surface area contributed by atoms with Gasteiger partial charge in [0.25, 0.3) is 10.0 Å². The van der Waals surface area contributed by atoms with Gasteiger partial charge in [0.1, 0.15) is 0 Å². The zero-order chi connectivity index (χ0) is 21.7. The lowest BCUT2D eigenvalue weighted by Crippen LogP contribution is -2.45. The third-order valence-corrected chi connectivity index (χ3v) is 6.80. The molecule has 0 aliphatic carbocycles. The summed E-state index contributed by atoms with van der Waals surface area (Å²) in [6.45, 7) is 7.24. The quantitative estimate of drug-likeness (QED) is 0.408. The van der Waals surface area contributed by atoms with Crippen LogP contribution in [0.2, 0.25) is 0 Å². The van der Waals surface area contributed by atoms with E-state index in [4.69, 9.17) is 12.2 Å². The Labute approximate surface area is 186 Å². The molecule has 0 atom stereocenters. The lowest BCUT2D eigenvalue weighted by atomic mass is 10.3. The fourth-order valence-corrected chi connectivity index (χ4v) is 4.52. The van der Waals surface area contributed by atoms with Crippen molar-refractivity contribution >= 4 is 50.1 Å². The summed E-state index contributed by atoms with van der Waals surface area (Å²) in [4.78, 5) is 12.7. The van der Waals surface area contributed by atoms with Crippen molar-refractivity contribution in [3.63, 3.8) is 0 Å². The molecule has 9 nitrogen and oxygen atoms in total. The monoisotopic (exact) mass is 465 g/mol. The Kier molecular flexibility index (Phi) is 7.34. The molecule has 1 saturated heterocycles. The van der Waals surface area contributed by atoms with Crippen molar-refractivity contribution in [3.8, 4) is 0 Å². The third kappa shape index (κ3) is 6.17. The van der Waals surface area contributed by atoms with E-state index in [0.29, 0.717) is 21.4 Å². The first-order valence-electron chi connectivity index (χ1n) is 9.23. The Balaban J connectivity index is 1.59. The smallest absolute Gasteiger partial charge is 0.264 e. The van der Waals surface area contributed by atoms with Crippen LogP contribution < -0.4 is 4.72 Å². The molecule has 0 spiro atoms. The minimum atomic E-state index is -3.80. The predicted octanol–water partition coefficient (Wildman–Crippen LogP) is 3.16. The molecule has 1 N–H and O–H groups in total. The van der Waals surface area contributed by atoms with E-state index in [2.05, 4.69) is 41.2 Å². The summed E-state index contributed by atoms with van der Waals surface area (Å²) in [7, 11) is -1.72. The number of anilines is 1. The van der Waals surface area contributed by atoms with E-state index in [9.17, 15) is 8.42 Å². The number of aromatic nitrogens is 2. The summed E-state index contributed by atoms with van der Waals surface area (Å²) in [5.74, 6) is 0.0464. The van der Waals surface area contributed by atoms with Crippen LogP contribution in [0.1, 0.15) is 11.4 Å². The molecule has 160 valence electrons. The van der Waals surface area contributed by atoms with Gasteiger partial charge in [-0.2, -0.15) is 0 Å². The number of hydrogen-bond acceptors (Lipinski definition) is 9. The maximum absolute atomic E-state index is 12.6. The van der Waals surface area contributed by atoms with Gasteiger partial charge in [0.15, 0.2) is 4.32 Å². The fraction of sp³-hybridized carbons (Fsp3) is 0.389. The van der Waals surface area contributed by atoms with Gasteiger partial charge in [-0.25, -0.2) is 23.1 Å². The second-order valence-electron chi connectivity index (χ2n) is 6.90. The van der Waals surface area contributed by atoms with Gasteiger partial charge in [-0.05, 0) is 51.2 Å². The highest BCUT2D eigenvalue weighted by Gasteiger charge is 2.17. The zero-order valence-corrected chi connectivity index (χ0v) is 19.4. The molecular weight excluding hydrogens is 442 g/mol. The van der Waals surface area contributed by atoms with E-state index in [1.807, 2.05) is 0 Å². The minimum Gasteiger partial charge on any atom is -0.353 e. The second-order valence-corrected chi connectivity index (χ2v) is 9.96. The lowest BCUT2D eigenvalue weighted by Gasteiger charge is -2.32. The zero-order valence-electron chi connectivity index (χ0n) is 16.9. The van der Waals surface area contributed by atoms with E-state index < -0.39 is 10.0 Å². The van der Waals surface area contributed by atoms with Crippen LogP contribution in [0, 0.1) is 13.8 Å². The van der Waals surface area contributed by atoms with Crippen molar-refractivity contribution < 1.29 is 8.42 Å². The topological polar surface area (TPSA) is 103 Å². The van der Waals surface area contributed by atoms with Gasteiger partial charge in [0.05, 0.1) is 22.5 Å².